The van der Waals surface area contributed by atoms with Crippen molar-refractivity contribution in [2.75, 3.05) is 6.61 Å². The summed E-state index contributed by atoms with van der Waals surface area (Å²) in [7, 11) is 1.75. The maximum atomic E-state index is 12.3. The molecule has 196 valence electrons. The third-order valence-electron chi connectivity index (χ3n) is 6.77. The zero-order valence-corrected chi connectivity index (χ0v) is 21.4. The van der Waals surface area contributed by atoms with Gasteiger partial charge in [-0.1, -0.05) is 35.0 Å². The summed E-state index contributed by atoms with van der Waals surface area (Å²) in [5, 5.41) is 20.8. The second-order valence-corrected chi connectivity index (χ2v) is 9.68. The van der Waals surface area contributed by atoms with Crippen LogP contribution in [0.1, 0.15) is 48.2 Å². The van der Waals surface area contributed by atoms with Gasteiger partial charge in [0.05, 0.1) is 41.8 Å². The molecule has 2 aromatic heterocycles. The van der Waals surface area contributed by atoms with Gasteiger partial charge in [0.1, 0.15) is 24.3 Å². The molecule has 2 atom stereocenters. The Hall–Kier alpha value is -3.79. The first-order chi connectivity index (χ1) is 17.8. The lowest BCUT2D eigenvalue weighted by atomic mass is 9.74. The molecule has 0 spiro atoms. The number of aldehydes is 1. The Morgan fingerprint density at radius 1 is 1.30 bits per heavy atom. The number of hydrogen-bond acceptors (Lipinski definition) is 8. The topological polar surface area (TPSA) is 128 Å². The van der Waals surface area contributed by atoms with Crippen LogP contribution < -0.4 is 10.1 Å². The van der Waals surface area contributed by atoms with Gasteiger partial charge in [0.25, 0.3) is 0 Å². The van der Waals surface area contributed by atoms with Crippen LogP contribution in [-0.2, 0) is 29.7 Å². The summed E-state index contributed by atoms with van der Waals surface area (Å²) in [5.41, 5.74) is 3.79. The summed E-state index contributed by atoms with van der Waals surface area (Å²) in [5.74, 6) is 0.622. The van der Waals surface area contributed by atoms with Gasteiger partial charge < -0.3 is 24.7 Å². The predicted molar refractivity (Wildman–Crippen MR) is 136 cm³/mol. The van der Waals surface area contributed by atoms with Crippen molar-refractivity contribution in [1.29, 1.82) is 0 Å². The summed E-state index contributed by atoms with van der Waals surface area (Å²) < 4.78 is 13.1. The zero-order chi connectivity index (χ0) is 26.4. The summed E-state index contributed by atoms with van der Waals surface area (Å²) in [6.45, 7) is 4.01. The van der Waals surface area contributed by atoms with E-state index in [9.17, 15) is 14.7 Å². The van der Waals surface area contributed by atoms with E-state index in [2.05, 4.69) is 20.6 Å². The number of ether oxygens (including phenoxy) is 2. The number of pyridine rings is 1. The maximum Gasteiger partial charge on any atom is 0.407 e. The van der Waals surface area contributed by atoms with Crippen molar-refractivity contribution in [2.24, 2.45) is 12.5 Å². The van der Waals surface area contributed by atoms with Gasteiger partial charge in [-0.25, -0.2) is 14.5 Å². The van der Waals surface area contributed by atoms with Gasteiger partial charge in [-0.3, -0.25) is 0 Å². The van der Waals surface area contributed by atoms with Crippen LogP contribution in [-0.4, -0.2) is 50.2 Å². The van der Waals surface area contributed by atoms with Gasteiger partial charge in [0.15, 0.2) is 0 Å². The fraction of sp³-hybridized carbons (Fsp3) is 0.444. The Morgan fingerprint density at radius 2 is 2.14 bits per heavy atom. The maximum absolute atomic E-state index is 12.3. The number of aliphatic hydroxyl groups excluding tert-OH is 1. The molecule has 1 aliphatic carbocycles. The molecule has 0 bridgehead atoms. The van der Waals surface area contributed by atoms with Crippen LogP contribution >= 0.6 is 0 Å². The Labute approximate surface area is 216 Å². The van der Waals surface area contributed by atoms with E-state index >= 15 is 0 Å². The van der Waals surface area contributed by atoms with Gasteiger partial charge in [-0.05, 0) is 57.2 Å². The van der Waals surface area contributed by atoms with E-state index < -0.39 is 11.5 Å². The third-order valence-corrected chi connectivity index (χ3v) is 6.77. The Morgan fingerprint density at radius 3 is 2.86 bits per heavy atom. The standard InChI is InChI=1S/C27H33N5O5/c1-18-6-4-7-20(12-18)15-36-26(35)28-14-23-25(30-31-32(23)3)22-9-10-24(19(2)29-22)37-21-8-5-11-27(13-21,16-33)17-34/h4,6-7,9-10,12,16,21,34H,5,8,11,13-15,17H2,1-3H3,(H,28,35)/t21-,27?/m0/s1. The Balaban J connectivity index is 1.40. The molecule has 1 fully saturated rings. The first-order valence-electron chi connectivity index (χ1n) is 12.4. The summed E-state index contributed by atoms with van der Waals surface area (Å²) in [6, 6.07) is 11.4. The highest BCUT2D eigenvalue weighted by Gasteiger charge is 2.37. The first kappa shape index (κ1) is 26.3. The molecule has 37 heavy (non-hydrogen) atoms. The number of benzene rings is 1. The van der Waals surface area contributed by atoms with Crippen molar-refractivity contribution in [1.82, 2.24) is 25.3 Å². The SMILES string of the molecule is Cc1cccc(COC(=O)NCc2c(-c3ccc(O[C@H]4CCCC(C=O)(CO)C4)c(C)n3)nnn2C)c1. The number of nitrogens with one attached hydrogen (secondary N) is 1. The minimum atomic E-state index is -0.729. The summed E-state index contributed by atoms with van der Waals surface area (Å²) in [4.78, 5) is 28.5. The van der Waals surface area contributed by atoms with E-state index in [-0.39, 0.29) is 25.9 Å². The quantitative estimate of drug-likeness (QED) is 0.422. The average molecular weight is 508 g/mol. The lowest BCUT2D eigenvalue weighted by Gasteiger charge is -2.35. The van der Waals surface area contributed by atoms with Crippen molar-refractivity contribution in [2.45, 2.75) is 58.8 Å². The van der Waals surface area contributed by atoms with Gasteiger partial charge >= 0.3 is 6.09 Å². The minimum Gasteiger partial charge on any atom is -0.488 e. The molecule has 1 amide bonds. The molecule has 0 radical (unpaired) electrons. The van der Waals surface area contributed by atoms with Crippen LogP contribution in [0.25, 0.3) is 11.4 Å². The van der Waals surface area contributed by atoms with Crippen molar-refractivity contribution in [3.63, 3.8) is 0 Å². The smallest absolute Gasteiger partial charge is 0.407 e. The zero-order valence-electron chi connectivity index (χ0n) is 21.4. The van der Waals surface area contributed by atoms with E-state index in [1.807, 2.05) is 44.2 Å². The van der Waals surface area contributed by atoms with Gasteiger partial charge in [0.2, 0.25) is 0 Å². The lowest BCUT2D eigenvalue weighted by molar-refractivity contribution is -0.122. The third kappa shape index (κ3) is 6.32. The van der Waals surface area contributed by atoms with Gasteiger partial charge in [-0.15, -0.1) is 5.10 Å². The molecule has 0 saturated heterocycles. The Kier molecular flexibility index (Phi) is 8.17. The molecule has 1 aromatic carbocycles. The number of hydrogen-bond donors (Lipinski definition) is 2. The fourth-order valence-corrected chi connectivity index (χ4v) is 4.64. The molecule has 2 heterocycles. The minimum absolute atomic E-state index is 0.167. The van der Waals surface area contributed by atoms with Crippen LogP contribution in [0.3, 0.4) is 0 Å². The molecular weight excluding hydrogens is 474 g/mol. The first-order valence-corrected chi connectivity index (χ1v) is 12.4. The predicted octanol–water partition coefficient (Wildman–Crippen LogP) is 3.42. The monoisotopic (exact) mass is 507 g/mol. The van der Waals surface area contributed by atoms with E-state index in [4.69, 9.17) is 9.47 Å². The average Bonchev–Trinajstić information content (AvgIpc) is 3.27. The van der Waals surface area contributed by atoms with Crippen LogP contribution in [0.5, 0.6) is 5.75 Å². The highest BCUT2D eigenvalue weighted by atomic mass is 16.5. The van der Waals surface area contributed by atoms with Crippen LogP contribution in [0.4, 0.5) is 4.79 Å². The highest BCUT2D eigenvalue weighted by Crippen LogP contribution is 2.36. The number of rotatable bonds is 9. The number of alkyl carbamates (subject to hydrolysis) is 1. The molecule has 1 aliphatic rings. The van der Waals surface area contributed by atoms with Crippen LogP contribution in [0.2, 0.25) is 0 Å². The van der Waals surface area contributed by atoms with Gasteiger partial charge in [-0.2, -0.15) is 0 Å². The van der Waals surface area contributed by atoms with E-state index in [1.165, 1.54) is 0 Å². The molecule has 3 aromatic rings. The number of aromatic nitrogens is 4. The number of amides is 1. The van der Waals surface area contributed by atoms with Gasteiger partial charge in [0, 0.05) is 7.05 Å². The molecule has 1 saturated carbocycles. The van der Waals surface area contributed by atoms with Crippen molar-refractivity contribution >= 4 is 12.4 Å². The molecule has 10 nitrogen and oxygen atoms in total. The summed E-state index contributed by atoms with van der Waals surface area (Å²) in [6.07, 6.45) is 2.94. The number of aryl methyl sites for hydroxylation is 3. The Bertz CT molecular complexity index is 1260. The number of carbonyl (C=O) groups is 2. The fourth-order valence-electron chi connectivity index (χ4n) is 4.64. The number of aliphatic hydroxyl groups is 1. The summed E-state index contributed by atoms with van der Waals surface area (Å²) >= 11 is 0. The lowest BCUT2D eigenvalue weighted by Crippen LogP contribution is -2.38. The normalized spacial score (nSPS) is 19.3. The number of carbonyl (C=O) groups excluding carboxylic acids is 2. The molecule has 0 aliphatic heterocycles. The van der Waals surface area contributed by atoms with Crippen molar-refractivity contribution in [3.05, 3.63) is 58.9 Å². The molecule has 2 N–H and O–H groups in total. The van der Waals surface area contributed by atoms with E-state index in [0.29, 0.717) is 41.4 Å². The molecular formula is C27H33N5O5. The molecule has 1 unspecified atom stereocenters. The van der Waals surface area contributed by atoms with Crippen LogP contribution in [0, 0.1) is 19.3 Å². The molecule has 10 heteroatoms. The number of nitrogens with zero attached hydrogens (tertiary/aromatic N) is 4. The molecule has 4 rings (SSSR count). The van der Waals surface area contributed by atoms with Crippen molar-refractivity contribution < 1.29 is 24.2 Å². The highest BCUT2D eigenvalue weighted by molar-refractivity contribution is 5.68. The second-order valence-electron chi connectivity index (χ2n) is 9.68. The van der Waals surface area contributed by atoms with E-state index in [0.717, 1.165) is 30.3 Å². The van der Waals surface area contributed by atoms with Crippen LogP contribution in [0.15, 0.2) is 36.4 Å². The second kappa shape index (κ2) is 11.5. The largest absolute Gasteiger partial charge is 0.488 e. The van der Waals surface area contributed by atoms with E-state index in [1.54, 1.807) is 17.8 Å². The van der Waals surface area contributed by atoms with Crippen molar-refractivity contribution in [3.8, 4) is 17.1 Å².